The maximum absolute atomic E-state index is 12.7. The summed E-state index contributed by atoms with van der Waals surface area (Å²) in [5, 5.41) is 0. The summed E-state index contributed by atoms with van der Waals surface area (Å²) < 4.78 is 9.10. The smallest absolute Gasteiger partial charge is 0.410 e. The van der Waals surface area contributed by atoms with Gasteiger partial charge in [0.05, 0.1) is 5.88 Å². The molecular formula is C21H33ClN6O3. The average molecular weight is 453 g/mol. The van der Waals surface area contributed by atoms with Gasteiger partial charge in [-0.15, -0.1) is 11.6 Å². The highest BCUT2D eigenvalue weighted by Gasteiger charge is 2.36. The number of hydrogen-bond donors (Lipinski definition) is 0. The zero-order valence-electron chi connectivity index (χ0n) is 19.5. The number of fused-ring (bicyclic) bond motifs is 1. The number of rotatable bonds is 4. The number of piperazine rings is 1. The normalized spacial score (nSPS) is 19.9. The Balaban J connectivity index is 2.02. The van der Waals surface area contributed by atoms with Crippen molar-refractivity contribution in [3.8, 4) is 0 Å². The summed E-state index contributed by atoms with van der Waals surface area (Å²) in [7, 11) is 1.71. The Hall–Kier alpha value is -2.29. The lowest BCUT2D eigenvalue weighted by Crippen LogP contribution is -2.59. The monoisotopic (exact) mass is 452 g/mol. The molecule has 2 aromatic heterocycles. The number of ether oxygens (including phenoxy) is 1. The van der Waals surface area contributed by atoms with Crippen molar-refractivity contribution < 1.29 is 9.53 Å². The van der Waals surface area contributed by atoms with Crippen LogP contribution in [-0.4, -0.2) is 60.9 Å². The fourth-order valence-corrected chi connectivity index (χ4v) is 4.25. The van der Waals surface area contributed by atoms with Gasteiger partial charge in [0.15, 0.2) is 5.82 Å². The maximum Gasteiger partial charge on any atom is 0.410 e. The molecule has 0 spiro atoms. The number of hydrogen-bond acceptors (Lipinski definition) is 6. The number of alkyl halides is 1. The predicted molar refractivity (Wildman–Crippen MR) is 122 cm³/mol. The van der Waals surface area contributed by atoms with Crippen LogP contribution in [0.3, 0.4) is 0 Å². The highest BCUT2D eigenvalue weighted by Crippen LogP contribution is 2.29. The molecule has 0 aliphatic carbocycles. The van der Waals surface area contributed by atoms with E-state index >= 15 is 0 Å². The molecular weight excluding hydrogens is 420 g/mol. The lowest BCUT2D eigenvalue weighted by atomic mass is 10.1. The highest BCUT2D eigenvalue weighted by atomic mass is 35.5. The lowest BCUT2D eigenvalue weighted by molar-refractivity contribution is 0.0130. The van der Waals surface area contributed by atoms with Crippen molar-refractivity contribution in [3.63, 3.8) is 0 Å². The lowest BCUT2D eigenvalue weighted by Gasteiger charge is -2.44. The Morgan fingerprint density at radius 2 is 1.87 bits per heavy atom. The minimum atomic E-state index is -0.555. The first-order valence-electron chi connectivity index (χ1n) is 10.8. The van der Waals surface area contributed by atoms with E-state index in [0.29, 0.717) is 31.0 Å². The molecule has 1 saturated heterocycles. The average Bonchev–Trinajstić information content (AvgIpc) is 3.04. The van der Waals surface area contributed by atoms with Crippen LogP contribution in [0.25, 0.3) is 11.2 Å². The molecule has 9 nitrogen and oxygen atoms in total. The Bertz CT molecular complexity index is 1020. The van der Waals surface area contributed by atoms with Crippen molar-refractivity contribution in [3.05, 3.63) is 16.3 Å². The van der Waals surface area contributed by atoms with Crippen LogP contribution < -0.4 is 10.6 Å². The van der Waals surface area contributed by atoms with Gasteiger partial charge in [-0.3, -0.25) is 4.57 Å². The first kappa shape index (κ1) is 23.4. The number of aromatic nitrogens is 4. The molecule has 0 aromatic carbocycles. The molecule has 1 fully saturated rings. The highest BCUT2D eigenvalue weighted by molar-refractivity contribution is 6.16. The summed E-state index contributed by atoms with van der Waals surface area (Å²) in [5.41, 5.74) is 0.494. The molecule has 0 radical (unpaired) electrons. The molecule has 1 aliphatic heterocycles. The molecule has 0 bridgehead atoms. The van der Waals surface area contributed by atoms with E-state index in [1.165, 1.54) is 4.57 Å². The Morgan fingerprint density at radius 1 is 1.19 bits per heavy atom. The van der Waals surface area contributed by atoms with E-state index < -0.39 is 5.60 Å². The summed E-state index contributed by atoms with van der Waals surface area (Å²) in [4.78, 5) is 38.3. The molecule has 10 heteroatoms. The van der Waals surface area contributed by atoms with Crippen LogP contribution in [-0.2, 0) is 24.2 Å². The molecule has 0 N–H and O–H groups in total. The van der Waals surface area contributed by atoms with Crippen LogP contribution in [0.2, 0.25) is 0 Å². The largest absolute Gasteiger partial charge is 0.444 e. The van der Waals surface area contributed by atoms with Gasteiger partial charge in [0.2, 0.25) is 0 Å². The molecule has 3 rings (SSSR count). The fourth-order valence-electron chi connectivity index (χ4n) is 4.05. The van der Waals surface area contributed by atoms with E-state index in [9.17, 15) is 9.59 Å². The number of nitrogens with zero attached hydrogens (tertiary/aromatic N) is 6. The Labute approximate surface area is 187 Å². The standard InChI is InChI=1S/C21H33ClN6O3/c1-8-9-26-15(10-22)23-16-17(24-19(29)25(7)18(16)26)27-11-14(3)28(12-13(27)2)20(30)31-21(4,5)6/h13-14H,8-12H2,1-7H3/t13-,14+/m0/s1. The second-order valence-corrected chi connectivity index (χ2v) is 9.51. The Kier molecular flexibility index (Phi) is 6.55. The third-order valence-electron chi connectivity index (χ3n) is 5.49. The van der Waals surface area contributed by atoms with Crippen molar-refractivity contribution in [1.29, 1.82) is 0 Å². The zero-order valence-corrected chi connectivity index (χ0v) is 20.2. The van der Waals surface area contributed by atoms with Crippen LogP contribution in [0.1, 0.15) is 53.8 Å². The molecule has 2 atom stereocenters. The number of carbonyl (C=O) groups is 1. The van der Waals surface area contributed by atoms with E-state index in [0.717, 1.165) is 17.9 Å². The minimum Gasteiger partial charge on any atom is -0.444 e. The van der Waals surface area contributed by atoms with Crippen molar-refractivity contribution in [1.82, 2.24) is 24.0 Å². The number of halogens is 1. The van der Waals surface area contributed by atoms with Gasteiger partial charge in [-0.1, -0.05) is 6.92 Å². The van der Waals surface area contributed by atoms with Crippen LogP contribution in [0.4, 0.5) is 10.6 Å². The summed E-state index contributed by atoms with van der Waals surface area (Å²) in [6, 6.07) is -0.181. The first-order valence-corrected chi connectivity index (χ1v) is 11.3. The van der Waals surface area contributed by atoms with Crippen LogP contribution in [0.15, 0.2) is 4.79 Å². The first-order chi connectivity index (χ1) is 14.5. The fraction of sp³-hybridized carbons (Fsp3) is 0.714. The minimum absolute atomic E-state index is 0.0673. The van der Waals surface area contributed by atoms with Gasteiger partial charge in [-0.2, -0.15) is 4.98 Å². The van der Waals surface area contributed by atoms with Crippen molar-refractivity contribution in [2.75, 3.05) is 18.0 Å². The van der Waals surface area contributed by atoms with Crippen molar-refractivity contribution in [2.45, 2.75) is 78.1 Å². The quantitative estimate of drug-likeness (QED) is 0.662. The summed E-state index contributed by atoms with van der Waals surface area (Å²) in [6.45, 7) is 13.3. The van der Waals surface area contributed by atoms with Crippen molar-refractivity contribution >= 4 is 34.7 Å². The van der Waals surface area contributed by atoms with Gasteiger partial charge in [0.1, 0.15) is 22.6 Å². The van der Waals surface area contributed by atoms with Gasteiger partial charge in [0, 0.05) is 38.8 Å². The van der Waals surface area contributed by atoms with Crippen molar-refractivity contribution in [2.24, 2.45) is 7.05 Å². The molecule has 1 aliphatic rings. The second-order valence-electron chi connectivity index (χ2n) is 9.25. The summed E-state index contributed by atoms with van der Waals surface area (Å²) in [6.07, 6.45) is 0.564. The van der Waals surface area contributed by atoms with E-state index in [1.54, 1.807) is 11.9 Å². The zero-order chi connectivity index (χ0) is 23.1. The maximum atomic E-state index is 12.7. The van der Waals surface area contributed by atoms with Gasteiger partial charge >= 0.3 is 11.8 Å². The number of amides is 1. The number of carbonyl (C=O) groups excluding carboxylic acids is 1. The number of anilines is 1. The number of aryl methyl sites for hydroxylation is 2. The SMILES string of the molecule is CCCn1c(CCl)nc2c(N3C[C@@H](C)N(C(=O)OC(C)(C)C)C[C@@H]3C)nc(=O)n(C)c21. The summed E-state index contributed by atoms with van der Waals surface area (Å²) in [5.74, 6) is 1.51. The predicted octanol–water partition coefficient (Wildman–Crippen LogP) is 3.11. The third-order valence-corrected chi connectivity index (χ3v) is 5.73. The molecule has 31 heavy (non-hydrogen) atoms. The molecule has 3 heterocycles. The van der Waals surface area contributed by atoms with Gasteiger partial charge in [-0.25, -0.2) is 14.6 Å². The second kappa shape index (κ2) is 8.68. The van der Waals surface area contributed by atoms with Gasteiger partial charge in [0.25, 0.3) is 0 Å². The van der Waals surface area contributed by atoms with E-state index in [-0.39, 0.29) is 29.7 Å². The van der Waals surface area contributed by atoms with Crippen LogP contribution in [0.5, 0.6) is 0 Å². The number of imidazole rings is 1. The van der Waals surface area contributed by atoms with Crippen LogP contribution in [0, 0.1) is 0 Å². The molecule has 1 amide bonds. The van der Waals surface area contributed by atoms with E-state index in [2.05, 4.69) is 16.8 Å². The molecule has 2 aromatic rings. The van der Waals surface area contributed by atoms with Gasteiger partial charge in [-0.05, 0) is 41.0 Å². The van der Waals surface area contributed by atoms with E-state index in [4.69, 9.17) is 21.3 Å². The van der Waals surface area contributed by atoms with Crippen LogP contribution >= 0.6 is 11.6 Å². The Morgan fingerprint density at radius 3 is 2.45 bits per heavy atom. The van der Waals surface area contributed by atoms with Gasteiger partial charge < -0.3 is 19.1 Å². The third kappa shape index (κ3) is 4.51. The molecule has 172 valence electrons. The molecule has 0 saturated carbocycles. The topological polar surface area (TPSA) is 85.5 Å². The molecule has 0 unspecified atom stereocenters. The van der Waals surface area contributed by atoms with E-state index in [1.807, 2.05) is 39.2 Å². The summed E-state index contributed by atoms with van der Waals surface area (Å²) >= 11 is 6.17.